The number of carbonyl (C=O) groups excluding carboxylic acids is 1. The number of rotatable bonds is 5. The summed E-state index contributed by atoms with van der Waals surface area (Å²) in [7, 11) is 0. The number of hydrogen-bond donors (Lipinski definition) is 1. The highest BCUT2D eigenvalue weighted by Gasteiger charge is 2.26. The van der Waals surface area contributed by atoms with Crippen LogP contribution in [0.15, 0.2) is 29.2 Å². The molecule has 4 nitrogen and oxygen atoms in total. The summed E-state index contributed by atoms with van der Waals surface area (Å²) >= 11 is 1.52. The first-order chi connectivity index (χ1) is 10.0. The van der Waals surface area contributed by atoms with Crippen molar-refractivity contribution in [1.82, 2.24) is 4.90 Å². The van der Waals surface area contributed by atoms with Gasteiger partial charge in [-0.25, -0.2) is 0 Å². The zero-order valence-corrected chi connectivity index (χ0v) is 13.1. The molecule has 5 heteroatoms. The van der Waals surface area contributed by atoms with Gasteiger partial charge in [0, 0.05) is 11.4 Å². The first kappa shape index (κ1) is 15.6. The second kappa shape index (κ2) is 6.80. The molecule has 1 heterocycles. The highest BCUT2D eigenvalue weighted by atomic mass is 32.2. The number of carboxylic acid groups (broad SMARTS) is 1. The first-order valence-corrected chi connectivity index (χ1v) is 7.96. The standard InChI is InChI=1S/C16H19NO3S/c1-3-12-4-6-13(7-5-12)16-11(2)21-10-14(18)17(16)9-8-15(19)20/h4-7H,3,8-10H2,1-2H3,(H,19,20). The predicted octanol–water partition coefficient (Wildman–Crippen LogP) is 2.99. The Balaban J connectivity index is 2.33. The maximum Gasteiger partial charge on any atom is 0.305 e. The van der Waals surface area contributed by atoms with Gasteiger partial charge in [-0.2, -0.15) is 0 Å². The van der Waals surface area contributed by atoms with Gasteiger partial charge in [0.2, 0.25) is 5.91 Å². The fourth-order valence-electron chi connectivity index (χ4n) is 2.33. The molecule has 0 saturated carbocycles. The molecule has 0 saturated heterocycles. The molecule has 0 aromatic heterocycles. The minimum atomic E-state index is -0.889. The Morgan fingerprint density at radius 1 is 1.33 bits per heavy atom. The monoisotopic (exact) mass is 305 g/mol. The lowest BCUT2D eigenvalue weighted by Crippen LogP contribution is -2.35. The molecule has 0 unspecified atom stereocenters. The van der Waals surface area contributed by atoms with Crippen LogP contribution in [0.5, 0.6) is 0 Å². The molecule has 1 N–H and O–H groups in total. The first-order valence-electron chi connectivity index (χ1n) is 6.98. The van der Waals surface area contributed by atoms with Crippen molar-refractivity contribution in [1.29, 1.82) is 0 Å². The predicted molar refractivity (Wildman–Crippen MR) is 84.8 cm³/mol. The van der Waals surface area contributed by atoms with Gasteiger partial charge in [0.15, 0.2) is 0 Å². The molecule has 0 bridgehead atoms. The third-order valence-electron chi connectivity index (χ3n) is 3.50. The number of aliphatic carboxylic acids is 1. The van der Waals surface area contributed by atoms with E-state index in [1.165, 1.54) is 17.3 Å². The Labute approximate surface area is 128 Å². The SMILES string of the molecule is CCc1ccc(C2=C(C)SCC(=O)N2CCC(=O)O)cc1. The van der Waals surface area contributed by atoms with Crippen LogP contribution in [0.4, 0.5) is 0 Å². The van der Waals surface area contributed by atoms with E-state index in [1.54, 1.807) is 4.90 Å². The topological polar surface area (TPSA) is 57.6 Å². The number of carboxylic acids is 1. The molecule has 0 radical (unpaired) electrons. The van der Waals surface area contributed by atoms with E-state index in [4.69, 9.17) is 5.11 Å². The van der Waals surface area contributed by atoms with E-state index < -0.39 is 5.97 Å². The molecule has 112 valence electrons. The van der Waals surface area contributed by atoms with Crippen LogP contribution in [0.1, 0.15) is 31.4 Å². The van der Waals surface area contributed by atoms with Gasteiger partial charge in [-0.05, 0) is 24.5 Å². The van der Waals surface area contributed by atoms with E-state index in [9.17, 15) is 9.59 Å². The highest BCUT2D eigenvalue weighted by molar-refractivity contribution is 8.03. The minimum Gasteiger partial charge on any atom is -0.481 e. The van der Waals surface area contributed by atoms with Gasteiger partial charge in [-0.3, -0.25) is 9.59 Å². The molecular weight excluding hydrogens is 286 g/mol. The van der Waals surface area contributed by atoms with Crippen molar-refractivity contribution in [2.45, 2.75) is 26.7 Å². The molecule has 0 spiro atoms. The molecular formula is C16H19NO3S. The molecule has 0 fully saturated rings. The normalized spacial score (nSPS) is 15.5. The number of benzene rings is 1. The maximum absolute atomic E-state index is 12.1. The summed E-state index contributed by atoms with van der Waals surface area (Å²) in [4.78, 5) is 25.6. The third kappa shape index (κ3) is 3.67. The van der Waals surface area contributed by atoms with Gasteiger partial charge >= 0.3 is 5.97 Å². The lowest BCUT2D eigenvalue weighted by atomic mass is 10.1. The maximum atomic E-state index is 12.1. The average molecular weight is 305 g/mol. The Bertz CT molecular complexity index is 578. The Morgan fingerprint density at radius 2 is 2.00 bits per heavy atom. The van der Waals surface area contributed by atoms with Crippen LogP contribution < -0.4 is 0 Å². The zero-order valence-electron chi connectivity index (χ0n) is 12.3. The number of aryl methyl sites for hydroxylation is 1. The van der Waals surface area contributed by atoms with Crippen LogP contribution in [0.3, 0.4) is 0 Å². The third-order valence-corrected chi connectivity index (χ3v) is 4.52. The van der Waals surface area contributed by atoms with Crippen molar-refractivity contribution >= 4 is 29.3 Å². The van der Waals surface area contributed by atoms with Gasteiger partial charge < -0.3 is 10.0 Å². The number of allylic oxidation sites excluding steroid dienone is 1. The fraction of sp³-hybridized carbons (Fsp3) is 0.375. The summed E-state index contributed by atoms with van der Waals surface area (Å²) in [5.74, 6) is -0.539. The second-order valence-electron chi connectivity index (χ2n) is 4.93. The van der Waals surface area contributed by atoms with Crippen molar-refractivity contribution < 1.29 is 14.7 Å². The average Bonchev–Trinajstić information content (AvgIpc) is 2.48. The Morgan fingerprint density at radius 3 is 2.57 bits per heavy atom. The summed E-state index contributed by atoms with van der Waals surface area (Å²) in [6.07, 6.45) is 0.926. The van der Waals surface area contributed by atoms with Crippen molar-refractivity contribution in [2.24, 2.45) is 0 Å². The smallest absolute Gasteiger partial charge is 0.305 e. The van der Waals surface area contributed by atoms with Crippen molar-refractivity contribution in [3.63, 3.8) is 0 Å². The van der Waals surface area contributed by atoms with Gasteiger partial charge in [-0.1, -0.05) is 31.2 Å². The van der Waals surface area contributed by atoms with Gasteiger partial charge in [0.25, 0.3) is 0 Å². The summed E-state index contributed by atoms with van der Waals surface area (Å²) in [5, 5.41) is 8.86. The second-order valence-corrected chi connectivity index (χ2v) is 6.12. The number of hydrogen-bond acceptors (Lipinski definition) is 3. The van der Waals surface area contributed by atoms with Crippen LogP contribution in [-0.2, 0) is 16.0 Å². The summed E-state index contributed by atoms with van der Waals surface area (Å²) < 4.78 is 0. The van der Waals surface area contributed by atoms with Gasteiger partial charge in [-0.15, -0.1) is 11.8 Å². The van der Waals surface area contributed by atoms with Crippen LogP contribution in [0.2, 0.25) is 0 Å². The summed E-state index contributed by atoms with van der Waals surface area (Å²) in [6.45, 7) is 4.30. The molecule has 1 aliphatic rings. The summed E-state index contributed by atoms with van der Waals surface area (Å²) in [6, 6.07) is 8.11. The fourth-order valence-corrected chi connectivity index (χ4v) is 3.19. The van der Waals surface area contributed by atoms with Crippen LogP contribution in [0.25, 0.3) is 5.70 Å². The van der Waals surface area contributed by atoms with Gasteiger partial charge in [0.05, 0.1) is 17.9 Å². The van der Waals surface area contributed by atoms with E-state index in [0.717, 1.165) is 22.6 Å². The molecule has 1 aromatic rings. The minimum absolute atomic E-state index is 0.0265. The largest absolute Gasteiger partial charge is 0.481 e. The van der Waals surface area contributed by atoms with Crippen molar-refractivity contribution in [2.75, 3.05) is 12.3 Å². The van der Waals surface area contributed by atoms with E-state index in [2.05, 4.69) is 19.1 Å². The lowest BCUT2D eigenvalue weighted by Gasteiger charge is -2.31. The van der Waals surface area contributed by atoms with Crippen LogP contribution in [-0.4, -0.2) is 34.2 Å². The molecule has 1 aromatic carbocycles. The molecule has 0 atom stereocenters. The van der Waals surface area contributed by atoms with Crippen molar-refractivity contribution in [3.05, 3.63) is 40.3 Å². The van der Waals surface area contributed by atoms with E-state index >= 15 is 0 Å². The molecule has 1 aliphatic heterocycles. The van der Waals surface area contributed by atoms with Crippen LogP contribution >= 0.6 is 11.8 Å². The zero-order chi connectivity index (χ0) is 15.4. The van der Waals surface area contributed by atoms with E-state index in [1.807, 2.05) is 19.1 Å². The number of nitrogens with zero attached hydrogens (tertiary/aromatic N) is 1. The highest BCUT2D eigenvalue weighted by Crippen LogP contribution is 2.34. The Hall–Kier alpha value is -1.75. The number of carbonyl (C=O) groups is 2. The quantitative estimate of drug-likeness (QED) is 0.908. The summed E-state index contributed by atoms with van der Waals surface area (Å²) in [5.41, 5.74) is 3.06. The van der Waals surface area contributed by atoms with Gasteiger partial charge in [0.1, 0.15) is 0 Å². The van der Waals surface area contributed by atoms with E-state index in [-0.39, 0.29) is 18.9 Å². The Kier molecular flexibility index (Phi) is 5.07. The van der Waals surface area contributed by atoms with Crippen molar-refractivity contribution in [3.8, 4) is 0 Å². The lowest BCUT2D eigenvalue weighted by molar-refractivity contribution is -0.137. The number of thioether (sulfide) groups is 1. The molecule has 0 aliphatic carbocycles. The molecule has 1 amide bonds. The van der Waals surface area contributed by atoms with Crippen LogP contribution in [0, 0.1) is 0 Å². The molecule has 21 heavy (non-hydrogen) atoms. The van der Waals surface area contributed by atoms with E-state index in [0.29, 0.717) is 5.75 Å². The molecule has 2 rings (SSSR count). The number of amides is 1.